The smallest absolute Gasteiger partial charge is 0.159 e. The zero-order valence-corrected chi connectivity index (χ0v) is 16.7. The van der Waals surface area contributed by atoms with Crippen molar-refractivity contribution in [2.24, 2.45) is 11.8 Å². The minimum absolute atomic E-state index is 0.0249. The van der Waals surface area contributed by atoms with Gasteiger partial charge < -0.3 is 0 Å². The van der Waals surface area contributed by atoms with Crippen LogP contribution in [0.3, 0.4) is 0 Å². The first kappa shape index (κ1) is 19.1. The first-order valence-electron chi connectivity index (χ1n) is 10.4. The van der Waals surface area contributed by atoms with Crippen LogP contribution in [0.4, 0.5) is 8.78 Å². The van der Waals surface area contributed by atoms with Crippen LogP contribution in [0.5, 0.6) is 0 Å². The predicted octanol–water partition coefficient (Wildman–Crippen LogP) is 7.33. The largest absolute Gasteiger partial charge is 0.204 e. The molecule has 2 aliphatic rings. The van der Waals surface area contributed by atoms with E-state index in [-0.39, 0.29) is 8.80 Å². The molecule has 0 amide bonds. The molecule has 1 aromatic rings. The Morgan fingerprint density at radius 2 is 1.52 bits per heavy atom. The Labute approximate surface area is 154 Å². The number of hydrogen-bond acceptors (Lipinski definition) is 0. The molecule has 0 spiro atoms. The fourth-order valence-electron chi connectivity index (χ4n) is 5.00. The summed E-state index contributed by atoms with van der Waals surface area (Å²) < 4.78 is 26.5. The van der Waals surface area contributed by atoms with Gasteiger partial charge in [0.2, 0.25) is 0 Å². The maximum absolute atomic E-state index is 13.4. The van der Waals surface area contributed by atoms with E-state index in [0.717, 1.165) is 30.2 Å². The van der Waals surface area contributed by atoms with Crippen LogP contribution in [0.1, 0.15) is 76.2 Å². The molecule has 0 aromatic heterocycles. The summed E-state index contributed by atoms with van der Waals surface area (Å²) in [6, 6.07) is 9.14. The molecule has 0 nitrogen and oxygen atoms in total. The summed E-state index contributed by atoms with van der Waals surface area (Å²) in [5.41, 5.74) is 0.996. The lowest BCUT2D eigenvalue weighted by Crippen LogP contribution is -2.22. The molecule has 1 saturated carbocycles. The van der Waals surface area contributed by atoms with Crippen molar-refractivity contribution in [3.8, 4) is 0 Å². The summed E-state index contributed by atoms with van der Waals surface area (Å²) in [6.07, 6.45) is 12.0. The molecular formula is C22H33F2Si. The van der Waals surface area contributed by atoms with E-state index in [1.807, 2.05) is 0 Å². The van der Waals surface area contributed by atoms with Crippen molar-refractivity contribution < 1.29 is 8.78 Å². The van der Waals surface area contributed by atoms with Crippen molar-refractivity contribution in [1.29, 1.82) is 0 Å². The highest BCUT2D eigenvalue weighted by molar-refractivity contribution is 6.58. The SMILES string of the molecule is CCC[Si]1CCC(CCC2CCC(c3ccc(F)c(F)c3)CC2)CC1. The van der Waals surface area contributed by atoms with Crippen molar-refractivity contribution in [1.82, 2.24) is 0 Å². The van der Waals surface area contributed by atoms with E-state index in [2.05, 4.69) is 6.92 Å². The van der Waals surface area contributed by atoms with Gasteiger partial charge in [-0.1, -0.05) is 63.2 Å². The third kappa shape index (κ3) is 5.38. The predicted molar refractivity (Wildman–Crippen MR) is 103 cm³/mol. The van der Waals surface area contributed by atoms with Gasteiger partial charge >= 0.3 is 0 Å². The van der Waals surface area contributed by atoms with Gasteiger partial charge in [0.1, 0.15) is 0 Å². The standard InChI is InChI=1S/C22H33F2Si/c1-2-13-25-14-11-18(12-15-25)4-3-17-5-7-19(8-6-17)20-9-10-21(23)22(24)16-20/h9-10,16-19H,2-8,11-15H2,1H3. The van der Waals surface area contributed by atoms with Crippen LogP contribution in [-0.4, -0.2) is 8.80 Å². The van der Waals surface area contributed by atoms with Gasteiger partial charge in [0.15, 0.2) is 11.6 Å². The van der Waals surface area contributed by atoms with Crippen molar-refractivity contribution in [3.05, 3.63) is 35.4 Å². The minimum atomic E-state index is -0.728. The van der Waals surface area contributed by atoms with Crippen LogP contribution in [0, 0.1) is 23.5 Å². The molecule has 139 valence electrons. The van der Waals surface area contributed by atoms with E-state index in [1.165, 1.54) is 63.1 Å². The van der Waals surface area contributed by atoms with Gasteiger partial charge in [-0.25, -0.2) is 8.78 Å². The molecule has 1 saturated heterocycles. The molecule has 3 rings (SSSR count). The fraction of sp³-hybridized carbons (Fsp3) is 0.727. The van der Waals surface area contributed by atoms with Crippen LogP contribution in [0.15, 0.2) is 18.2 Å². The molecule has 2 fully saturated rings. The average molecular weight is 364 g/mol. The van der Waals surface area contributed by atoms with E-state index in [0.29, 0.717) is 5.92 Å². The van der Waals surface area contributed by atoms with E-state index in [9.17, 15) is 8.78 Å². The second-order valence-corrected chi connectivity index (χ2v) is 11.4. The lowest BCUT2D eigenvalue weighted by atomic mass is 9.76. The zero-order chi connectivity index (χ0) is 17.6. The van der Waals surface area contributed by atoms with Gasteiger partial charge in [0.05, 0.1) is 0 Å². The molecule has 1 radical (unpaired) electrons. The molecule has 0 atom stereocenters. The molecule has 25 heavy (non-hydrogen) atoms. The lowest BCUT2D eigenvalue weighted by Gasteiger charge is -2.31. The van der Waals surface area contributed by atoms with Crippen molar-refractivity contribution in [2.45, 2.75) is 88.8 Å². The van der Waals surface area contributed by atoms with Crippen molar-refractivity contribution in [2.75, 3.05) is 0 Å². The second-order valence-electron chi connectivity index (χ2n) is 8.41. The number of rotatable bonds is 6. The summed E-state index contributed by atoms with van der Waals surface area (Å²) in [7, 11) is 0.0249. The van der Waals surface area contributed by atoms with Crippen LogP contribution in [0.2, 0.25) is 18.1 Å². The monoisotopic (exact) mass is 363 g/mol. The molecule has 1 heterocycles. The summed E-state index contributed by atoms with van der Waals surface area (Å²) in [5, 5.41) is 0. The Morgan fingerprint density at radius 1 is 0.880 bits per heavy atom. The number of hydrogen-bond donors (Lipinski definition) is 0. The molecule has 0 N–H and O–H groups in total. The van der Waals surface area contributed by atoms with Crippen LogP contribution in [0.25, 0.3) is 0 Å². The Morgan fingerprint density at radius 3 is 2.12 bits per heavy atom. The third-order valence-electron chi connectivity index (χ3n) is 6.66. The minimum Gasteiger partial charge on any atom is -0.204 e. The highest BCUT2D eigenvalue weighted by Crippen LogP contribution is 2.39. The molecule has 1 aliphatic heterocycles. The highest BCUT2D eigenvalue weighted by atomic mass is 28.3. The summed E-state index contributed by atoms with van der Waals surface area (Å²) in [4.78, 5) is 0. The number of halogens is 2. The van der Waals surface area contributed by atoms with Gasteiger partial charge in [-0.05, 0) is 61.1 Å². The van der Waals surface area contributed by atoms with E-state index >= 15 is 0 Å². The molecule has 3 heteroatoms. The summed E-state index contributed by atoms with van der Waals surface area (Å²) >= 11 is 0. The summed E-state index contributed by atoms with van der Waals surface area (Å²) in [6.45, 7) is 2.33. The Kier molecular flexibility index (Phi) is 7.09. The van der Waals surface area contributed by atoms with Crippen molar-refractivity contribution in [3.63, 3.8) is 0 Å². The van der Waals surface area contributed by atoms with E-state index in [1.54, 1.807) is 18.2 Å². The highest BCUT2D eigenvalue weighted by Gasteiger charge is 2.26. The van der Waals surface area contributed by atoms with Crippen LogP contribution >= 0.6 is 0 Å². The fourth-order valence-corrected chi connectivity index (χ4v) is 8.09. The Hall–Kier alpha value is -0.703. The quantitative estimate of drug-likeness (QED) is 0.464. The van der Waals surface area contributed by atoms with Crippen molar-refractivity contribution >= 4 is 8.80 Å². The second kappa shape index (κ2) is 9.30. The van der Waals surface area contributed by atoms with Gasteiger partial charge in [0.25, 0.3) is 0 Å². The molecule has 0 unspecified atom stereocenters. The lowest BCUT2D eigenvalue weighted by molar-refractivity contribution is 0.280. The maximum atomic E-state index is 13.4. The molecule has 0 bridgehead atoms. The third-order valence-corrected chi connectivity index (χ3v) is 9.86. The van der Waals surface area contributed by atoms with Gasteiger partial charge in [-0.2, -0.15) is 0 Å². The normalized spacial score (nSPS) is 26.0. The first-order valence-corrected chi connectivity index (χ1v) is 12.6. The van der Waals surface area contributed by atoms with Gasteiger partial charge in [-0.3, -0.25) is 0 Å². The molecular weight excluding hydrogens is 330 g/mol. The van der Waals surface area contributed by atoms with Crippen LogP contribution in [-0.2, 0) is 0 Å². The van der Waals surface area contributed by atoms with Gasteiger partial charge in [0, 0.05) is 8.80 Å². The van der Waals surface area contributed by atoms with E-state index < -0.39 is 11.6 Å². The average Bonchev–Trinajstić information content (AvgIpc) is 2.64. The zero-order valence-electron chi connectivity index (χ0n) is 15.7. The Bertz CT molecular complexity index is 529. The maximum Gasteiger partial charge on any atom is 0.159 e. The Balaban J connectivity index is 1.37. The first-order chi connectivity index (χ1) is 12.2. The summed E-state index contributed by atoms with van der Waals surface area (Å²) in [5.74, 6) is 0.868. The topological polar surface area (TPSA) is 0 Å². The molecule has 1 aromatic carbocycles. The molecule has 1 aliphatic carbocycles. The van der Waals surface area contributed by atoms with E-state index in [4.69, 9.17) is 0 Å². The van der Waals surface area contributed by atoms with Gasteiger partial charge in [-0.15, -0.1) is 0 Å². The van der Waals surface area contributed by atoms with Crippen LogP contribution < -0.4 is 0 Å². The number of benzene rings is 1.